The van der Waals surface area contributed by atoms with E-state index in [1.54, 1.807) is 5.57 Å². The molecule has 0 nitrogen and oxygen atoms in total. The van der Waals surface area contributed by atoms with Gasteiger partial charge in [-0.15, -0.1) is 6.58 Å². The van der Waals surface area contributed by atoms with Crippen LogP contribution in [0.4, 0.5) is 0 Å². The lowest BCUT2D eigenvalue weighted by Crippen LogP contribution is -2.16. The molecule has 0 saturated heterocycles. The SMILES string of the molecule is C=CC(C)C(C)C1CCC/C1=C/C. The van der Waals surface area contributed by atoms with Crippen LogP contribution in [0.25, 0.3) is 0 Å². The minimum atomic E-state index is 0.651. The highest BCUT2D eigenvalue weighted by Crippen LogP contribution is 2.39. The van der Waals surface area contributed by atoms with E-state index in [0.717, 1.165) is 11.8 Å². The molecule has 1 fully saturated rings. The molecule has 0 aliphatic heterocycles. The highest BCUT2D eigenvalue weighted by molar-refractivity contribution is 5.12. The van der Waals surface area contributed by atoms with Gasteiger partial charge < -0.3 is 0 Å². The van der Waals surface area contributed by atoms with Crippen LogP contribution in [0.15, 0.2) is 24.3 Å². The van der Waals surface area contributed by atoms with E-state index in [2.05, 4.69) is 39.5 Å². The standard InChI is InChI=1S/C13H22/c1-5-10(3)11(4)13-9-7-8-12(13)6-2/h5-6,10-11,13H,1,7-9H2,2-4H3/b12-6-. The first-order chi connectivity index (χ1) is 6.20. The highest BCUT2D eigenvalue weighted by atomic mass is 14.3. The zero-order valence-electron chi connectivity index (χ0n) is 9.22. The second-order valence-corrected chi connectivity index (χ2v) is 4.32. The van der Waals surface area contributed by atoms with Crippen molar-refractivity contribution in [2.75, 3.05) is 0 Å². The molecule has 0 bridgehead atoms. The van der Waals surface area contributed by atoms with Crippen molar-refractivity contribution in [3.8, 4) is 0 Å². The predicted octanol–water partition coefficient (Wildman–Crippen LogP) is 4.19. The Hall–Kier alpha value is -0.520. The van der Waals surface area contributed by atoms with Gasteiger partial charge in [0.15, 0.2) is 0 Å². The minimum Gasteiger partial charge on any atom is -0.103 e. The number of hydrogen-bond acceptors (Lipinski definition) is 0. The van der Waals surface area contributed by atoms with Crippen LogP contribution in [0, 0.1) is 17.8 Å². The molecule has 0 spiro atoms. The van der Waals surface area contributed by atoms with E-state index in [0.29, 0.717) is 5.92 Å². The van der Waals surface area contributed by atoms with E-state index in [4.69, 9.17) is 0 Å². The second-order valence-electron chi connectivity index (χ2n) is 4.32. The molecule has 1 rings (SSSR count). The average Bonchev–Trinajstić information content (AvgIpc) is 2.62. The van der Waals surface area contributed by atoms with Gasteiger partial charge in [-0.05, 0) is 43.9 Å². The topological polar surface area (TPSA) is 0 Å². The van der Waals surface area contributed by atoms with Crippen molar-refractivity contribution in [2.24, 2.45) is 17.8 Å². The van der Waals surface area contributed by atoms with Crippen molar-refractivity contribution in [1.82, 2.24) is 0 Å². The van der Waals surface area contributed by atoms with E-state index >= 15 is 0 Å². The van der Waals surface area contributed by atoms with Crippen LogP contribution in [0.3, 0.4) is 0 Å². The van der Waals surface area contributed by atoms with Crippen LogP contribution in [-0.4, -0.2) is 0 Å². The summed E-state index contributed by atoms with van der Waals surface area (Å²) in [6.07, 6.45) is 8.52. The molecule has 0 aromatic heterocycles. The number of hydrogen-bond donors (Lipinski definition) is 0. The number of allylic oxidation sites excluding steroid dienone is 3. The first kappa shape index (κ1) is 10.6. The summed E-state index contributed by atoms with van der Waals surface area (Å²) in [5.74, 6) is 2.25. The summed E-state index contributed by atoms with van der Waals surface area (Å²) < 4.78 is 0. The summed E-state index contributed by atoms with van der Waals surface area (Å²) in [4.78, 5) is 0. The molecule has 0 radical (unpaired) electrons. The fourth-order valence-electron chi connectivity index (χ4n) is 2.44. The summed E-state index contributed by atoms with van der Waals surface area (Å²) in [6, 6.07) is 0. The number of rotatable bonds is 3. The fourth-order valence-corrected chi connectivity index (χ4v) is 2.44. The lowest BCUT2D eigenvalue weighted by molar-refractivity contribution is 0.342. The summed E-state index contributed by atoms with van der Waals surface area (Å²) >= 11 is 0. The molecule has 3 atom stereocenters. The van der Waals surface area contributed by atoms with E-state index in [1.165, 1.54) is 19.3 Å². The smallest absolute Gasteiger partial charge is 0.0172 e. The molecule has 1 aliphatic rings. The van der Waals surface area contributed by atoms with Gasteiger partial charge in [-0.3, -0.25) is 0 Å². The Kier molecular flexibility index (Phi) is 3.77. The molecule has 74 valence electrons. The molecule has 13 heavy (non-hydrogen) atoms. The molecule has 0 aromatic carbocycles. The molecule has 0 heterocycles. The van der Waals surface area contributed by atoms with Crippen molar-refractivity contribution in [3.63, 3.8) is 0 Å². The Morgan fingerprint density at radius 1 is 1.46 bits per heavy atom. The van der Waals surface area contributed by atoms with Gasteiger partial charge in [-0.2, -0.15) is 0 Å². The maximum atomic E-state index is 3.88. The molecular formula is C13H22. The Morgan fingerprint density at radius 3 is 2.69 bits per heavy atom. The molecule has 0 amide bonds. The van der Waals surface area contributed by atoms with Crippen LogP contribution in [-0.2, 0) is 0 Å². The first-order valence-corrected chi connectivity index (χ1v) is 5.48. The maximum absolute atomic E-state index is 3.88. The predicted molar refractivity (Wildman–Crippen MR) is 59.6 cm³/mol. The third kappa shape index (κ3) is 2.24. The lowest BCUT2D eigenvalue weighted by atomic mass is 9.81. The van der Waals surface area contributed by atoms with Gasteiger partial charge in [-0.25, -0.2) is 0 Å². The van der Waals surface area contributed by atoms with Crippen LogP contribution < -0.4 is 0 Å². The summed E-state index contributed by atoms with van der Waals surface area (Å²) in [5, 5.41) is 0. The van der Waals surface area contributed by atoms with Crippen molar-refractivity contribution in [3.05, 3.63) is 24.3 Å². The van der Waals surface area contributed by atoms with Crippen molar-refractivity contribution >= 4 is 0 Å². The third-order valence-corrected chi connectivity index (χ3v) is 3.66. The Balaban J connectivity index is 2.65. The quantitative estimate of drug-likeness (QED) is 0.568. The first-order valence-electron chi connectivity index (χ1n) is 5.48. The Bertz CT molecular complexity index is 200. The Labute approximate surface area is 82.7 Å². The molecule has 0 N–H and O–H groups in total. The van der Waals surface area contributed by atoms with Gasteiger partial charge in [0.05, 0.1) is 0 Å². The normalized spacial score (nSPS) is 30.4. The molecule has 3 unspecified atom stereocenters. The molecule has 0 aromatic rings. The van der Waals surface area contributed by atoms with Gasteiger partial charge >= 0.3 is 0 Å². The van der Waals surface area contributed by atoms with Crippen molar-refractivity contribution in [2.45, 2.75) is 40.0 Å². The van der Waals surface area contributed by atoms with Gasteiger partial charge in [-0.1, -0.05) is 31.6 Å². The largest absolute Gasteiger partial charge is 0.103 e. The van der Waals surface area contributed by atoms with Gasteiger partial charge in [0.2, 0.25) is 0 Å². The summed E-state index contributed by atoms with van der Waals surface area (Å²) in [7, 11) is 0. The maximum Gasteiger partial charge on any atom is -0.0172 e. The van der Waals surface area contributed by atoms with E-state index in [1.807, 2.05) is 0 Å². The van der Waals surface area contributed by atoms with E-state index < -0.39 is 0 Å². The zero-order chi connectivity index (χ0) is 9.84. The molecule has 1 saturated carbocycles. The van der Waals surface area contributed by atoms with Gasteiger partial charge in [0, 0.05) is 0 Å². The summed E-state index contributed by atoms with van der Waals surface area (Å²) in [6.45, 7) is 10.7. The van der Waals surface area contributed by atoms with Crippen LogP contribution in [0.2, 0.25) is 0 Å². The van der Waals surface area contributed by atoms with E-state index in [9.17, 15) is 0 Å². The third-order valence-electron chi connectivity index (χ3n) is 3.66. The van der Waals surface area contributed by atoms with Crippen LogP contribution in [0.5, 0.6) is 0 Å². The molecule has 0 heteroatoms. The van der Waals surface area contributed by atoms with Crippen molar-refractivity contribution in [1.29, 1.82) is 0 Å². The molecule has 1 aliphatic carbocycles. The van der Waals surface area contributed by atoms with Crippen LogP contribution in [0.1, 0.15) is 40.0 Å². The zero-order valence-corrected chi connectivity index (χ0v) is 9.22. The minimum absolute atomic E-state index is 0.651. The fraction of sp³-hybridized carbons (Fsp3) is 0.692. The van der Waals surface area contributed by atoms with E-state index in [-0.39, 0.29) is 0 Å². The van der Waals surface area contributed by atoms with Crippen molar-refractivity contribution < 1.29 is 0 Å². The molecular weight excluding hydrogens is 156 g/mol. The highest BCUT2D eigenvalue weighted by Gasteiger charge is 2.27. The van der Waals surface area contributed by atoms with Crippen LogP contribution >= 0.6 is 0 Å². The van der Waals surface area contributed by atoms with Gasteiger partial charge in [0.1, 0.15) is 0 Å². The lowest BCUT2D eigenvalue weighted by Gasteiger charge is -2.24. The monoisotopic (exact) mass is 178 g/mol. The van der Waals surface area contributed by atoms with Gasteiger partial charge in [0.25, 0.3) is 0 Å². The summed E-state index contributed by atoms with van der Waals surface area (Å²) in [5.41, 5.74) is 1.68. The Morgan fingerprint density at radius 2 is 2.15 bits per heavy atom. The average molecular weight is 178 g/mol. The second kappa shape index (κ2) is 4.64.